The van der Waals surface area contributed by atoms with Crippen LogP contribution in [-0.2, 0) is 23.9 Å². The number of hydrogen-bond donors (Lipinski definition) is 1. The number of carbonyl (C=O) groups is 3. The number of rotatable bonds is 11. The van der Waals surface area contributed by atoms with Crippen molar-refractivity contribution >= 4 is 23.5 Å². The third-order valence-corrected chi connectivity index (χ3v) is 8.24. The number of esters is 1. The molecular formula is C31H34N2O7. The molecule has 1 N–H and O–H groups in total. The summed E-state index contributed by atoms with van der Waals surface area (Å²) in [5, 5.41) is 10.6. The molecule has 2 unspecified atom stereocenters. The first-order valence-corrected chi connectivity index (χ1v) is 13.4. The van der Waals surface area contributed by atoms with E-state index in [1.54, 1.807) is 54.5 Å². The first-order valence-electron chi connectivity index (χ1n) is 13.4. The molecule has 2 bridgehead atoms. The van der Waals surface area contributed by atoms with Gasteiger partial charge in [-0.15, -0.1) is 6.58 Å². The van der Waals surface area contributed by atoms with Gasteiger partial charge in [0.15, 0.2) is 0 Å². The van der Waals surface area contributed by atoms with Crippen molar-refractivity contribution in [2.24, 2.45) is 11.8 Å². The van der Waals surface area contributed by atoms with Crippen molar-refractivity contribution in [3.05, 3.63) is 85.5 Å². The van der Waals surface area contributed by atoms with Gasteiger partial charge in [-0.1, -0.05) is 49.1 Å². The Morgan fingerprint density at radius 2 is 1.90 bits per heavy atom. The number of carbonyl (C=O) groups excluding carboxylic acids is 3. The third-order valence-electron chi connectivity index (χ3n) is 8.24. The molecule has 2 aromatic rings. The van der Waals surface area contributed by atoms with Gasteiger partial charge in [0.05, 0.1) is 37.7 Å². The molecule has 0 aromatic heterocycles. The highest BCUT2D eigenvalue weighted by Crippen LogP contribution is 2.60. The molecule has 9 nitrogen and oxygen atoms in total. The Balaban J connectivity index is 1.62. The fraction of sp³-hybridized carbons (Fsp3) is 0.387. The minimum absolute atomic E-state index is 0.00982. The second kappa shape index (κ2) is 11.3. The number of ether oxygens (including phenoxy) is 3. The normalized spacial score (nSPS) is 27.1. The Labute approximate surface area is 233 Å². The zero-order valence-electron chi connectivity index (χ0n) is 22.5. The lowest BCUT2D eigenvalue weighted by Crippen LogP contribution is -2.57. The first kappa shape index (κ1) is 27.6. The van der Waals surface area contributed by atoms with E-state index in [4.69, 9.17) is 14.2 Å². The minimum Gasteiger partial charge on any atom is -0.497 e. The van der Waals surface area contributed by atoms with E-state index < -0.39 is 54.1 Å². The summed E-state index contributed by atoms with van der Waals surface area (Å²) in [6.45, 7) is 7.21. The van der Waals surface area contributed by atoms with Gasteiger partial charge in [0.1, 0.15) is 24.0 Å². The van der Waals surface area contributed by atoms with Crippen molar-refractivity contribution in [3.8, 4) is 5.75 Å². The molecular weight excluding hydrogens is 512 g/mol. The van der Waals surface area contributed by atoms with Crippen molar-refractivity contribution < 1.29 is 33.7 Å². The van der Waals surface area contributed by atoms with Crippen LogP contribution in [0.3, 0.4) is 0 Å². The van der Waals surface area contributed by atoms with E-state index in [0.29, 0.717) is 29.8 Å². The molecule has 0 radical (unpaired) electrons. The second-order valence-corrected chi connectivity index (χ2v) is 10.3. The van der Waals surface area contributed by atoms with Gasteiger partial charge in [-0.25, -0.2) is 0 Å². The van der Waals surface area contributed by atoms with Crippen molar-refractivity contribution in [1.82, 2.24) is 4.90 Å². The largest absolute Gasteiger partial charge is 0.497 e. The third kappa shape index (κ3) is 4.39. The van der Waals surface area contributed by atoms with Crippen LogP contribution < -0.4 is 9.64 Å². The van der Waals surface area contributed by atoms with Crippen molar-refractivity contribution in [1.29, 1.82) is 0 Å². The molecule has 40 heavy (non-hydrogen) atoms. The number of methoxy groups -OCH3 is 1. The van der Waals surface area contributed by atoms with Crippen LogP contribution in [0, 0.1) is 11.8 Å². The molecule has 3 aliphatic rings. The van der Waals surface area contributed by atoms with Crippen LogP contribution in [0.2, 0.25) is 0 Å². The van der Waals surface area contributed by atoms with E-state index in [2.05, 4.69) is 13.2 Å². The zero-order valence-corrected chi connectivity index (χ0v) is 22.5. The van der Waals surface area contributed by atoms with Crippen molar-refractivity contribution in [2.45, 2.75) is 36.6 Å². The standard InChI is InChI=1S/C31H34N2O7/c1-4-17-32(21-11-13-22(38-3)14-12-21)29(36)27-31-16-15-24(40-31)25(30(37)39-18-5-2)26(31)28(35)33(27)23(19-34)20-9-7-6-8-10-20/h4-14,23-27,34H,1-2,15-19H2,3H3/t23-,24+,25-,26+,27?,31?/m1/s1. The number of fused-ring (bicyclic) bond motifs is 1. The number of aliphatic hydroxyl groups is 1. The number of likely N-dealkylation sites (tertiary alicyclic amines) is 1. The predicted molar refractivity (Wildman–Crippen MR) is 147 cm³/mol. The zero-order chi connectivity index (χ0) is 28.4. The minimum atomic E-state index is -1.25. The highest BCUT2D eigenvalue weighted by atomic mass is 16.6. The number of amides is 2. The number of benzene rings is 2. The maximum Gasteiger partial charge on any atom is 0.312 e. The van der Waals surface area contributed by atoms with Crippen LogP contribution in [0.5, 0.6) is 5.75 Å². The fourth-order valence-corrected chi connectivity index (χ4v) is 6.60. The number of aliphatic hydroxyl groups excluding tert-OH is 1. The van der Waals surface area contributed by atoms with Gasteiger partial charge in [-0.3, -0.25) is 14.4 Å². The molecule has 9 heteroatoms. The van der Waals surface area contributed by atoms with E-state index in [-0.39, 0.29) is 19.1 Å². The molecule has 3 heterocycles. The fourth-order valence-electron chi connectivity index (χ4n) is 6.60. The van der Waals surface area contributed by atoms with Crippen molar-refractivity contribution in [3.63, 3.8) is 0 Å². The smallest absolute Gasteiger partial charge is 0.312 e. The van der Waals surface area contributed by atoms with Crippen LogP contribution in [0.15, 0.2) is 79.9 Å². The van der Waals surface area contributed by atoms with Gasteiger partial charge in [0.2, 0.25) is 5.91 Å². The van der Waals surface area contributed by atoms with E-state index in [1.807, 2.05) is 18.2 Å². The summed E-state index contributed by atoms with van der Waals surface area (Å²) >= 11 is 0. The summed E-state index contributed by atoms with van der Waals surface area (Å²) in [6.07, 6.45) is 3.47. The number of hydrogen-bond acceptors (Lipinski definition) is 7. The average molecular weight is 547 g/mol. The highest BCUT2D eigenvalue weighted by molar-refractivity contribution is 6.05. The molecule has 0 aliphatic carbocycles. The second-order valence-electron chi connectivity index (χ2n) is 10.3. The number of anilines is 1. The van der Waals surface area contributed by atoms with E-state index in [1.165, 1.54) is 11.0 Å². The molecule has 2 aromatic carbocycles. The lowest BCUT2D eigenvalue weighted by Gasteiger charge is -2.39. The number of nitrogens with zero attached hydrogens (tertiary/aromatic N) is 2. The molecule has 3 saturated heterocycles. The molecule has 1 spiro atoms. The maximum absolute atomic E-state index is 14.6. The summed E-state index contributed by atoms with van der Waals surface area (Å²) < 4.78 is 17.2. The summed E-state index contributed by atoms with van der Waals surface area (Å²) in [4.78, 5) is 45.2. The summed E-state index contributed by atoms with van der Waals surface area (Å²) in [6, 6.07) is 14.2. The average Bonchev–Trinajstić information content (AvgIpc) is 3.63. The maximum atomic E-state index is 14.6. The van der Waals surface area contributed by atoms with Crippen molar-refractivity contribution in [2.75, 3.05) is 31.8 Å². The van der Waals surface area contributed by atoms with Gasteiger partial charge in [0.25, 0.3) is 5.91 Å². The summed E-state index contributed by atoms with van der Waals surface area (Å²) in [5.74, 6) is -2.47. The van der Waals surface area contributed by atoms with Gasteiger partial charge in [-0.2, -0.15) is 0 Å². The molecule has 6 atom stereocenters. The quantitative estimate of drug-likeness (QED) is 0.341. The Kier molecular flexibility index (Phi) is 7.78. The van der Waals surface area contributed by atoms with Gasteiger partial charge in [0, 0.05) is 12.2 Å². The molecule has 3 aliphatic heterocycles. The van der Waals surface area contributed by atoms with E-state index >= 15 is 0 Å². The molecule has 3 fully saturated rings. The molecule has 2 amide bonds. The van der Waals surface area contributed by atoms with Gasteiger partial charge < -0.3 is 29.1 Å². The van der Waals surface area contributed by atoms with Crippen LogP contribution >= 0.6 is 0 Å². The van der Waals surface area contributed by atoms with Crippen LogP contribution in [-0.4, -0.2) is 72.4 Å². The molecule has 0 saturated carbocycles. The monoisotopic (exact) mass is 546 g/mol. The SMILES string of the molecule is C=CCOC(=O)[C@@H]1[C@@H]2CCC3(O2)C(C(=O)N(CC=C)c2ccc(OC)cc2)N([C@H](CO)c2ccccc2)C(=O)[C@H]13. The lowest BCUT2D eigenvalue weighted by atomic mass is 9.70. The topological polar surface area (TPSA) is 106 Å². The summed E-state index contributed by atoms with van der Waals surface area (Å²) in [7, 11) is 1.56. The van der Waals surface area contributed by atoms with Crippen LogP contribution in [0.1, 0.15) is 24.4 Å². The Morgan fingerprint density at radius 1 is 1.18 bits per heavy atom. The Hall–Kier alpha value is -3.95. The van der Waals surface area contributed by atoms with Gasteiger partial charge >= 0.3 is 5.97 Å². The Bertz CT molecular complexity index is 1280. The first-order chi connectivity index (χ1) is 19.4. The molecule has 210 valence electrons. The van der Waals surface area contributed by atoms with E-state index in [9.17, 15) is 19.5 Å². The van der Waals surface area contributed by atoms with Gasteiger partial charge in [-0.05, 0) is 42.7 Å². The van der Waals surface area contributed by atoms with E-state index in [0.717, 1.165) is 0 Å². The van der Waals surface area contributed by atoms with Crippen LogP contribution in [0.4, 0.5) is 5.69 Å². The Morgan fingerprint density at radius 3 is 2.52 bits per heavy atom. The van der Waals surface area contributed by atoms with Crippen LogP contribution in [0.25, 0.3) is 0 Å². The molecule has 5 rings (SSSR count). The summed E-state index contributed by atoms with van der Waals surface area (Å²) in [5.41, 5.74) is 0.0189. The predicted octanol–water partition coefficient (Wildman–Crippen LogP) is 3.05. The lowest BCUT2D eigenvalue weighted by molar-refractivity contribution is -0.154. The highest BCUT2D eigenvalue weighted by Gasteiger charge is 2.75.